The molecule has 1 atom stereocenters. The average Bonchev–Trinajstić information content (AvgIpc) is 2.88. The van der Waals surface area contributed by atoms with E-state index in [9.17, 15) is 8.42 Å². The molecule has 0 aromatic carbocycles. The van der Waals surface area contributed by atoms with Gasteiger partial charge in [-0.3, -0.25) is 0 Å². The van der Waals surface area contributed by atoms with E-state index < -0.39 is 9.84 Å². The summed E-state index contributed by atoms with van der Waals surface area (Å²) < 4.78 is 23.2. The Bertz CT molecular complexity index is 615. The Hall–Kier alpha value is -1.44. The zero-order chi connectivity index (χ0) is 15.6. The highest BCUT2D eigenvalue weighted by molar-refractivity contribution is 7.91. The fourth-order valence-corrected chi connectivity index (χ4v) is 4.99. The molecule has 8 heteroatoms. The van der Waals surface area contributed by atoms with Gasteiger partial charge in [0.2, 0.25) is 5.95 Å². The van der Waals surface area contributed by atoms with Crippen LogP contribution in [-0.2, 0) is 9.84 Å². The minimum atomic E-state index is -2.91. The van der Waals surface area contributed by atoms with Crippen LogP contribution >= 0.6 is 0 Å². The van der Waals surface area contributed by atoms with Gasteiger partial charge in [0.1, 0.15) is 0 Å². The van der Waals surface area contributed by atoms with Gasteiger partial charge in [-0.2, -0.15) is 10.1 Å². The van der Waals surface area contributed by atoms with Crippen LogP contribution in [-0.4, -0.2) is 54.2 Å². The van der Waals surface area contributed by atoms with Gasteiger partial charge < -0.3 is 10.2 Å². The van der Waals surface area contributed by atoms with Crippen molar-refractivity contribution in [1.82, 2.24) is 15.2 Å². The predicted octanol–water partition coefficient (Wildman–Crippen LogP) is 1.24. The van der Waals surface area contributed by atoms with Crippen molar-refractivity contribution in [3.05, 3.63) is 6.20 Å². The molecule has 1 aromatic heterocycles. The minimum absolute atomic E-state index is 0.0586. The zero-order valence-corrected chi connectivity index (χ0v) is 13.7. The summed E-state index contributed by atoms with van der Waals surface area (Å²) in [6, 6.07) is 0.396. The second kappa shape index (κ2) is 6.36. The smallest absolute Gasteiger partial charge is 0.247 e. The average molecular weight is 325 g/mol. The van der Waals surface area contributed by atoms with Crippen LogP contribution in [0.3, 0.4) is 0 Å². The lowest BCUT2D eigenvalue weighted by atomic mass is 9.96. The molecule has 0 amide bonds. The maximum atomic E-state index is 11.6. The quantitative estimate of drug-likeness (QED) is 0.891. The first-order valence-corrected chi connectivity index (χ1v) is 9.75. The topological polar surface area (TPSA) is 88.1 Å². The number of anilines is 2. The van der Waals surface area contributed by atoms with Gasteiger partial charge in [0, 0.05) is 19.1 Å². The summed E-state index contributed by atoms with van der Waals surface area (Å²) in [5.74, 6) is 1.63. The lowest BCUT2D eigenvalue weighted by molar-refractivity contribution is 0.461. The van der Waals surface area contributed by atoms with E-state index in [1.807, 2.05) is 11.9 Å². The van der Waals surface area contributed by atoms with Crippen LogP contribution < -0.4 is 10.2 Å². The monoisotopic (exact) mass is 325 g/mol. The molecule has 1 N–H and O–H groups in total. The highest BCUT2D eigenvalue weighted by Gasteiger charge is 2.32. The number of aromatic nitrogens is 3. The number of rotatable bonds is 4. The summed E-state index contributed by atoms with van der Waals surface area (Å²) in [4.78, 5) is 6.34. The number of hydrogen-bond donors (Lipinski definition) is 1. The Labute approximate surface area is 131 Å². The van der Waals surface area contributed by atoms with Crippen molar-refractivity contribution in [1.29, 1.82) is 0 Å². The maximum absolute atomic E-state index is 11.6. The Kier molecular flexibility index (Phi) is 4.46. The Balaban J connectivity index is 1.67. The number of hydrogen-bond acceptors (Lipinski definition) is 7. The second-order valence-electron chi connectivity index (χ2n) is 6.29. The molecule has 3 rings (SSSR count). The molecule has 122 valence electrons. The molecular formula is C14H23N5O2S. The molecule has 1 unspecified atom stereocenters. The minimum Gasteiger partial charge on any atom is -0.366 e. The normalized spacial score (nSPS) is 25.0. The van der Waals surface area contributed by atoms with E-state index >= 15 is 0 Å². The van der Waals surface area contributed by atoms with Crippen LogP contribution in [0.5, 0.6) is 0 Å². The fraction of sp³-hybridized carbons (Fsp3) is 0.786. The molecule has 1 saturated carbocycles. The third-order valence-electron chi connectivity index (χ3n) is 4.58. The molecule has 22 heavy (non-hydrogen) atoms. The highest BCUT2D eigenvalue weighted by Crippen LogP contribution is 2.23. The van der Waals surface area contributed by atoms with Crippen LogP contribution in [0.25, 0.3) is 0 Å². The first-order chi connectivity index (χ1) is 10.5. The van der Waals surface area contributed by atoms with Crippen LogP contribution in [0.2, 0.25) is 0 Å². The molecule has 1 aliphatic carbocycles. The molecule has 1 aromatic rings. The standard InChI is InChI=1S/C14H23N5O2S/c1-19(12-7-8-22(20,21)10-12)14-17-13(9-15-18-14)16-11-5-3-2-4-6-11/h9,11-12H,2-8,10H2,1H3,(H,16,17,18). The second-order valence-corrected chi connectivity index (χ2v) is 8.52. The van der Waals surface area contributed by atoms with Gasteiger partial charge in [-0.1, -0.05) is 19.3 Å². The van der Waals surface area contributed by atoms with Gasteiger partial charge >= 0.3 is 0 Å². The molecule has 7 nitrogen and oxygen atoms in total. The van der Waals surface area contributed by atoms with E-state index in [0.717, 1.165) is 18.7 Å². The maximum Gasteiger partial charge on any atom is 0.247 e. The van der Waals surface area contributed by atoms with E-state index in [0.29, 0.717) is 18.4 Å². The van der Waals surface area contributed by atoms with Crippen molar-refractivity contribution < 1.29 is 8.42 Å². The SMILES string of the molecule is CN(c1nncc(NC2CCCCC2)n1)C1CCS(=O)(=O)C1. The molecule has 2 fully saturated rings. The molecular weight excluding hydrogens is 302 g/mol. The van der Waals surface area contributed by atoms with E-state index in [4.69, 9.17) is 0 Å². The summed E-state index contributed by atoms with van der Waals surface area (Å²) in [7, 11) is -1.07. The predicted molar refractivity (Wildman–Crippen MR) is 85.8 cm³/mol. The van der Waals surface area contributed by atoms with Crippen molar-refractivity contribution in [2.75, 3.05) is 28.8 Å². The first kappa shape index (κ1) is 15.5. The Morgan fingerprint density at radius 3 is 2.68 bits per heavy atom. The molecule has 2 aliphatic rings. The highest BCUT2D eigenvalue weighted by atomic mass is 32.2. The van der Waals surface area contributed by atoms with E-state index in [1.54, 1.807) is 6.20 Å². The number of nitrogens with zero attached hydrogens (tertiary/aromatic N) is 4. The van der Waals surface area contributed by atoms with Crippen LogP contribution in [0.4, 0.5) is 11.8 Å². The van der Waals surface area contributed by atoms with Crippen molar-refractivity contribution in [2.45, 2.75) is 50.6 Å². The molecule has 1 aliphatic heterocycles. The fourth-order valence-electron chi connectivity index (χ4n) is 3.21. The lowest BCUT2D eigenvalue weighted by Crippen LogP contribution is -2.34. The van der Waals surface area contributed by atoms with Crippen LogP contribution in [0, 0.1) is 0 Å². The van der Waals surface area contributed by atoms with Gasteiger partial charge in [0.15, 0.2) is 15.7 Å². The van der Waals surface area contributed by atoms with Gasteiger partial charge in [-0.25, -0.2) is 8.42 Å². The van der Waals surface area contributed by atoms with Crippen LogP contribution in [0.1, 0.15) is 38.5 Å². The van der Waals surface area contributed by atoms with Gasteiger partial charge in [0.05, 0.1) is 17.7 Å². The van der Waals surface area contributed by atoms with Crippen LogP contribution in [0.15, 0.2) is 6.20 Å². The lowest BCUT2D eigenvalue weighted by Gasteiger charge is -2.25. The van der Waals surface area contributed by atoms with Crippen molar-refractivity contribution in [3.63, 3.8) is 0 Å². The molecule has 0 radical (unpaired) electrons. The zero-order valence-electron chi connectivity index (χ0n) is 12.9. The van der Waals surface area contributed by atoms with Gasteiger partial charge in [-0.15, -0.1) is 5.10 Å². The van der Waals surface area contributed by atoms with E-state index in [1.165, 1.54) is 19.3 Å². The van der Waals surface area contributed by atoms with E-state index in [2.05, 4.69) is 20.5 Å². The van der Waals surface area contributed by atoms with Gasteiger partial charge in [-0.05, 0) is 19.3 Å². The summed E-state index contributed by atoms with van der Waals surface area (Å²) in [6.07, 6.45) is 8.40. The third kappa shape index (κ3) is 3.66. The molecule has 0 bridgehead atoms. The summed E-state index contributed by atoms with van der Waals surface area (Å²) in [6.45, 7) is 0. The van der Waals surface area contributed by atoms with E-state index in [-0.39, 0.29) is 17.5 Å². The number of sulfone groups is 1. The number of nitrogens with one attached hydrogen (secondary N) is 1. The summed E-state index contributed by atoms with van der Waals surface area (Å²) in [5, 5.41) is 11.5. The summed E-state index contributed by atoms with van der Waals surface area (Å²) >= 11 is 0. The largest absolute Gasteiger partial charge is 0.366 e. The van der Waals surface area contributed by atoms with Crippen molar-refractivity contribution in [3.8, 4) is 0 Å². The first-order valence-electron chi connectivity index (χ1n) is 7.93. The molecule has 2 heterocycles. The Morgan fingerprint density at radius 1 is 1.23 bits per heavy atom. The van der Waals surface area contributed by atoms with Crippen molar-refractivity contribution in [2.24, 2.45) is 0 Å². The summed E-state index contributed by atoms with van der Waals surface area (Å²) in [5.41, 5.74) is 0. The Morgan fingerprint density at radius 2 is 2.00 bits per heavy atom. The third-order valence-corrected chi connectivity index (χ3v) is 6.33. The molecule has 0 spiro atoms. The van der Waals surface area contributed by atoms with Gasteiger partial charge in [0.25, 0.3) is 0 Å². The molecule has 1 saturated heterocycles. The van der Waals surface area contributed by atoms with Crippen molar-refractivity contribution >= 4 is 21.6 Å².